The summed E-state index contributed by atoms with van der Waals surface area (Å²) in [6, 6.07) is 103. The van der Waals surface area contributed by atoms with Gasteiger partial charge < -0.3 is 14.2 Å². The molecule has 0 fully saturated rings. The summed E-state index contributed by atoms with van der Waals surface area (Å²) in [5.74, 6) is 0. The van der Waals surface area contributed by atoms with Crippen LogP contribution < -0.4 is 9.80 Å². The number of nitrogens with zero attached hydrogens (tertiary/aromatic N) is 2. The van der Waals surface area contributed by atoms with Gasteiger partial charge in [-0.15, -0.1) is 22.7 Å². The maximum absolute atomic E-state index is 7.01. The van der Waals surface area contributed by atoms with E-state index in [-0.39, 0.29) is 0 Å². The zero-order valence-electron chi connectivity index (χ0n) is 43.7. The van der Waals surface area contributed by atoms with Gasteiger partial charge in [0.15, 0.2) is 0 Å². The SMILES string of the molecule is c1ccc(-c2c(N(c3ccc4cc5c(cc4c3)oc3cc4cc(N(c6ccc7c(sc8ccccc87)c6-c6ccccc6)c6cccc7ccccc67)ccc4cc35)c3cccc4ccccc34)ccc3c2sc2ccccc23)cc1. The lowest BCUT2D eigenvalue weighted by Gasteiger charge is -2.29. The molecule has 0 saturated heterocycles. The van der Waals surface area contributed by atoms with Gasteiger partial charge in [-0.25, -0.2) is 0 Å². The Bertz CT molecular complexity index is 5040. The van der Waals surface area contributed by atoms with Crippen LogP contribution in [-0.2, 0) is 0 Å². The molecule has 0 atom stereocenters. The molecule has 0 aliphatic heterocycles. The summed E-state index contributed by atoms with van der Waals surface area (Å²) in [7, 11) is 0. The highest BCUT2D eigenvalue weighted by molar-refractivity contribution is 7.26. The second-order valence-corrected chi connectivity index (χ2v) is 23.2. The Kier molecular flexibility index (Phi) is 10.4. The van der Waals surface area contributed by atoms with E-state index in [1.165, 1.54) is 84.1 Å². The van der Waals surface area contributed by atoms with Gasteiger partial charge in [0, 0.05) is 84.4 Å². The van der Waals surface area contributed by atoms with E-state index in [4.69, 9.17) is 4.42 Å². The zero-order chi connectivity index (χ0) is 53.1. The molecule has 14 aromatic carbocycles. The average molecular weight is 1070 g/mol. The van der Waals surface area contributed by atoms with Crippen LogP contribution in [0.15, 0.2) is 283 Å². The molecule has 0 aliphatic rings. The number of thiophene rings is 2. The first kappa shape index (κ1) is 45.9. The highest BCUT2D eigenvalue weighted by atomic mass is 32.1. The van der Waals surface area contributed by atoms with E-state index >= 15 is 0 Å². The van der Waals surface area contributed by atoms with E-state index in [1.807, 2.05) is 22.7 Å². The van der Waals surface area contributed by atoms with Gasteiger partial charge in [0.1, 0.15) is 11.2 Å². The molecular weight excluding hydrogens is 1020 g/mol. The van der Waals surface area contributed by atoms with Crippen LogP contribution in [0, 0.1) is 0 Å². The molecule has 3 nitrogen and oxygen atoms in total. The Morgan fingerprint density at radius 1 is 0.247 bits per heavy atom. The predicted molar refractivity (Wildman–Crippen MR) is 350 cm³/mol. The molecule has 378 valence electrons. The number of hydrogen-bond donors (Lipinski definition) is 0. The quantitative estimate of drug-likeness (QED) is 0.151. The number of rotatable bonds is 8. The Morgan fingerprint density at radius 3 is 1.12 bits per heavy atom. The summed E-state index contributed by atoms with van der Waals surface area (Å²) in [6.45, 7) is 0. The third-order valence-electron chi connectivity index (χ3n) is 16.5. The summed E-state index contributed by atoms with van der Waals surface area (Å²) in [6.07, 6.45) is 0. The monoisotopic (exact) mass is 1070 g/mol. The lowest BCUT2D eigenvalue weighted by molar-refractivity contribution is 0.670. The number of furan rings is 1. The standard InChI is InChI=1S/C76H46N2OS2/c1-3-19-49(20-4-1)73-67(39-37-61-59-27-11-13-31-71(59)80-75(61)73)77(65-29-15-23-47-17-7-9-25-57(47)65)55-35-33-51-43-63-64-44-52-34-36-56(42-54(52)46-70(64)79-69(63)45-53(51)41-55)78(66-30-16-24-48-18-8-10-26-58(48)66)68-40-38-62-60-28-12-14-32-72(60)81-76(62)74(68)50-21-5-2-6-22-50/h1-46H. The van der Waals surface area contributed by atoms with Crippen molar-refractivity contribution >= 4 is 162 Å². The van der Waals surface area contributed by atoms with Crippen molar-refractivity contribution in [1.29, 1.82) is 0 Å². The lowest BCUT2D eigenvalue weighted by Crippen LogP contribution is -2.12. The molecule has 0 saturated carbocycles. The first-order chi connectivity index (χ1) is 40.1. The van der Waals surface area contributed by atoms with Crippen molar-refractivity contribution in [2.75, 3.05) is 9.80 Å². The molecule has 0 amide bonds. The van der Waals surface area contributed by atoms with Gasteiger partial charge >= 0.3 is 0 Å². The summed E-state index contributed by atoms with van der Waals surface area (Å²) >= 11 is 3.75. The minimum Gasteiger partial charge on any atom is -0.456 e. The second kappa shape index (κ2) is 18.3. The van der Waals surface area contributed by atoms with Gasteiger partial charge in [-0.3, -0.25) is 0 Å². The molecule has 17 aromatic rings. The van der Waals surface area contributed by atoms with Crippen LogP contribution in [0.2, 0.25) is 0 Å². The van der Waals surface area contributed by atoms with E-state index in [0.29, 0.717) is 0 Å². The van der Waals surface area contributed by atoms with Gasteiger partial charge in [0.25, 0.3) is 0 Å². The maximum Gasteiger partial charge on any atom is 0.136 e. The lowest BCUT2D eigenvalue weighted by atomic mass is 9.97. The summed E-state index contributed by atoms with van der Waals surface area (Å²) < 4.78 is 12.1. The van der Waals surface area contributed by atoms with Crippen LogP contribution in [-0.4, -0.2) is 0 Å². The number of hydrogen-bond acceptors (Lipinski definition) is 5. The van der Waals surface area contributed by atoms with Gasteiger partial charge in [0.05, 0.1) is 22.7 Å². The minimum atomic E-state index is 0.861. The molecule has 0 spiro atoms. The van der Waals surface area contributed by atoms with Crippen molar-refractivity contribution in [2.45, 2.75) is 0 Å². The first-order valence-electron chi connectivity index (χ1n) is 27.5. The molecule has 17 rings (SSSR count). The molecule has 0 unspecified atom stereocenters. The fourth-order valence-corrected chi connectivity index (χ4v) is 15.4. The zero-order valence-corrected chi connectivity index (χ0v) is 45.3. The highest BCUT2D eigenvalue weighted by Gasteiger charge is 2.26. The molecule has 3 heterocycles. The first-order valence-corrected chi connectivity index (χ1v) is 29.2. The molecular formula is C76H46N2OS2. The summed E-state index contributed by atoms with van der Waals surface area (Å²) in [5, 5.41) is 16.6. The van der Waals surface area contributed by atoms with E-state index in [2.05, 4.69) is 289 Å². The van der Waals surface area contributed by atoms with Gasteiger partial charge in [0.2, 0.25) is 0 Å². The summed E-state index contributed by atoms with van der Waals surface area (Å²) in [4.78, 5) is 4.96. The van der Waals surface area contributed by atoms with Crippen molar-refractivity contribution in [3.63, 3.8) is 0 Å². The predicted octanol–water partition coefficient (Wildman–Crippen LogP) is 23.2. The van der Waals surface area contributed by atoms with Crippen LogP contribution in [0.3, 0.4) is 0 Å². The Morgan fingerprint density at radius 2 is 0.654 bits per heavy atom. The van der Waals surface area contributed by atoms with Crippen LogP contribution in [0.5, 0.6) is 0 Å². The van der Waals surface area contributed by atoms with Crippen molar-refractivity contribution in [2.24, 2.45) is 0 Å². The molecule has 0 radical (unpaired) electrons. The molecule has 5 heteroatoms. The maximum atomic E-state index is 7.01. The molecule has 0 N–H and O–H groups in total. The topological polar surface area (TPSA) is 19.6 Å². The van der Waals surface area contributed by atoms with Crippen molar-refractivity contribution in [1.82, 2.24) is 0 Å². The fourth-order valence-electron chi connectivity index (χ4n) is 12.8. The Hall–Kier alpha value is -10.0. The van der Waals surface area contributed by atoms with Gasteiger partial charge in [-0.1, -0.05) is 194 Å². The number of fused-ring (bicyclic) bond motifs is 13. The van der Waals surface area contributed by atoms with Crippen molar-refractivity contribution in [3.05, 3.63) is 279 Å². The number of benzene rings is 14. The van der Waals surface area contributed by atoms with Gasteiger partial charge in [-0.05, 0) is 128 Å². The molecule has 81 heavy (non-hydrogen) atoms. The van der Waals surface area contributed by atoms with Gasteiger partial charge in [-0.2, -0.15) is 0 Å². The molecule has 3 aromatic heterocycles. The Balaban J connectivity index is 0.840. The molecule has 0 aliphatic carbocycles. The van der Waals surface area contributed by atoms with E-state index in [0.717, 1.165) is 77.6 Å². The normalized spacial score (nSPS) is 12.0. The highest BCUT2D eigenvalue weighted by Crippen LogP contribution is 2.52. The summed E-state index contributed by atoms with van der Waals surface area (Å²) in [5.41, 5.74) is 13.2. The van der Waals surface area contributed by atoms with Crippen LogP contribution in [0.25, 0.3) is 128 Å². The van der Waals surface area contributed by atoms with E-state index in [9.17, 15) is 0 Å². The van der Waals surface area contributed by atoms with E-state index < -0.39 is 0 Å². The fraction of sp³-hybridized carbons (Fsp3) is 0. The molecule has 0 bridgehead atoms. The van der Waals surface area contributed by atoms with Crippen molar-refractivity contribution < 1.29 is 4.42 Å². The third-order valence-corrected chi connectivity index (χ3v) is 19.0. The van der Waals surface area contributed by atoms with Crippen LogP contribution in [0.1, 0.15) is 0 Å². The number of anilines is 6. The Labute approximate surface area is 474 Å². The average Bonchev–Trinajstić information content (AvgIpc) is 4.33. The smallest absolute Gasteiger partial charge is 0.136 e. The van der Waals surface area contributed by atoms with E-state index in [1.54, 1.807) is 0 Å². The van der Waals surface area contributed by atoms with Crippen LogP contribution >= 0.6 is 22.7 Å². The second-order valence-electron chi connectivity index (χ2n) is 21.1. The largest absolute Gasteiger partial charge is 0.456 e. The van der Waals surface area contributed by atoms with Crippen molar-refractivity contribution in [3.8, 4) is 22.3 Å². The van der Waals surface area contributed by atoms with Crippen LogP contribution in [0.4, 0.5) is 34.1 Å². The third kappa shape index (κ3) is 7.33. The minimum absolute atomic E-state index is 0.861.